The Morgan fingerprint density at radius 3 is 2.36 bits per heavy atom. The molecular formula is C20H28OSi. The maximum atomic E-state index is 9.93. The van der Waals surface area contributed by atoms with E-state index in [4.69, 9.17) is 0 Å². The minimum atomic E-state index is -0.198. The van der Waals surface area contributed by atoms with Crippen molar-refractivity contribution in [3.8, 4) is 5.75 Å². The highest BCUT2D eigenvalue weighted by Gasteiger charge is 2.04. The topological polar surface area (TPSA) is 20.2 Å². The van der Waals surface area contributed by atoms with Gasteiger partial charge in [0.2, 0.25) is 0 Å². The highest BCUT2D eigenvalue weighted by atomic mass is 28.2. The quantitative estimate of drug-likeness (QED) is 0.771. The number of benzene rings is 2. The molecule has 118 valence electrons. The van der Waals surface area contributed by atoms with Crippen molar-refractivity contribution >= 4 is 14.7 Å². The lowest BCUT2D eigenvalue weighted by molar-refractivity contribution is 0.466. The van der Waals surface area contributed by atoms with Gasteiger partial charge in [-0.2, -0.15) is 0 Å². The molecule has 0 amide bonds. The molecule has 0 fully saturated rings. The molecule has 22 heavy (non-hydrogen) atoms. The van der Waals surface area contributed by atoms with Crippen molar-refractivity contribution in [1.29, 1.82) is 0 Å². The molecule has 2 heteroatoms. The lowest BCUT2D eigenvalue weighted by Crippen LogP contribution is -2.15. The van der Waals surface area contributed by atoms with Crippen LogP contribution in [0.4, 0.5) is 0 Å². The van der Waals surface area contributed by atoms with Crippen LogP contribution in [0.5, 0.6) is 5.75 Å². The van der Waals surface area contributed by atoms with E-state index in [0.717, 1.165) is 24.8 Å². The fourth-order valence-corrected chi connectivity index (χ4v) is 5.00. The van der Waals surface area contributed by atoms with Gasteiger partial charge in [-0.05, 0) is 50.3 Å². The Morgan fingerprint density at radius 1 is 0.955 bits per heavy atom. The number of rotatable bonds is 7. The van der Waals surface area contributed by atoms with Crippen molar-refractivity contribution < 1.29 is 5.11 Å². The van der Waals surface area contributed by atoms with Crippen LogP contribution in [0.2, 0.25) is 6.04 Å². The molecule has 0 saturated heterocycles. The summed E-state index contributed by atoms with van der Waals surface area (Å²) >= 11 is 0. The Kier molecular flexibility index (Phi) is 6.26. The summed E-state index contributed by atoms with van der Waals surface area (Å²) in [5.41, 5.74) is 5.26. The average molecular weight is 313 g/mol. The molecule has 0 aliphatic rings. The van der Waals surface area contributed by atoms with Crippen LogP contribution in [0.3, 0.4) is 0 Å². The highest BCUT2D eigenvalue weighted by molar-refractivity contribution is 6.53. The minimum Gasteiger partial charge on any atom is -0.508 e. The second-order valence-electron chi connectivity index (χ2n) is 6.42. The summed E-state index contributed by atoms with van der Waals surface area (Å²) in [6, 6.07) is 14.4. The monoisotopic (exact) mass is 312 g/mol. The third-order valence-electron chi connectivity index (χ3n) is 4.16. The Hall–Kier alpha value is -1.54. The SMILES string of the molecule is CCCCc1cc(CC[SiH2]c2cc(C)cc(C)c2)ccc1O. The van der Waals surface area contributed by atoms with E-state index in [9.17, 15) is 5.11 Å². The fourth-order valence-electron chi connectivity index (χ4n) is 3.07. The first kappa shape index (κ1) is 16.8. The predicted octanol–water partition coefficient (Wildman–Crippen LogP) is 3.81. The van der Waals surface area contributed by atoms with Gasteiger partial charge < -0.3 is 5.11 Å². The van der Waals surface area contributed by atoms with E-state index in [1.54, 1.807) is 5.19 Å². The van der Waals surface area contributed by atoms with Gasteiger partial charge in [-0.15, -0.1) is 0 Å². The van der Waals surface area contributed by atoms with E-state index in [1.165, 1.54) is 29.2 Å². The van der Waals surface area contributed by atoms with Gasteiger partial charge in [0.15, 0.2) is 0 Å². The largest absolute Gasteiger partial charge is 0.508 e. The van der Waals surface area contributed by atoms with Crippen molar-refractivity contribution in [2.45, 2.75) is 52.5 Å². The van der Waals surface area contributed by atoms with Crippen LogP contribution in [0.15, 0.2) is 36.4 Å². The molecule has 0 aliphatic heterocycles. The van der Waals surface area contributed by atoms with Crippen LogP contribution in [-0.4, -0.2) is 14.6 Å². The van der Waals surface area contributed by atoms with Gasteiger partial charge in [-0.1, -0.05) is 66.0 Å². The summed E-state index contributed by atoms with van der Waals surface area (Å²) in [5.74, 6) is 0.462. The van der Waals surface area contributed by atoms with Crippen molar-refractivity contribution in [3.05, 3.63) is 58.7 Å². The Labute approximate surface area is 137 Å². The lowest BCUT2D eigenvalue weighted by Gasteiger charge is -2.08. The maximum Gasteiger partial charge on any atom is 0.118 e. The van der Waals surface area contributed by atoms with Crippen molar-refractivity contribution in [3.63, 3.8) is 0 Å². The molecule has 2 aromatic carbocycles. The Balaban J connectivity index is 1.93. The highest BCUT2D eigenvalue weighted by Crippen LogP contribution is 2.21. The molecule has 1 N–H and O–H groups in total. The standard InChI is InChI=1S/C20H28OSi/c1-4-5-6-18-14-17(7-8-20(18)21)9-10-22-19-12-15(2)11-16(3)13-19/h7-8,11-14,21H,4-6,9-10,22H2,1-3H3. The zero-order valence-corrected chi connectivity index (χ0v) is 15.6. The lowest BCUT2D eigenvalue weighted by atomic mass is 10.0. The van der Waals surface area contributed by atoms with Gasteiger partial charge in [0.05, 0.1) is 9.52 Å². The van der Waals surface area contributed by atoms with Gasteiger partial charge in [-0.3, -0.25) is 0 Å². The summed E-state index contributed by atoms with van der Waals surface area (Å²) in [4.78, 5) is 0. The number of aryl methyl sites for hydroxylation is 4. The fraction of sp³-hybridized carbons (Fsp3) is 0.400. The van der Waals surface area contributed by atoms with E-state index in [2.05, 4.69) is 51.1 Å². The van der Waals surface area contributed by atoms with E-state index in [1.807, 2.05) is 6.07 Å². The van der Waals surface area contributed by atoms with Gasteiger partial charge >= 0.3 is 0 Å². The first-order chi connectivity index (χ1) is 10.6. The molecule has 2 rings (SSSR count). The van der Waals surface area contributed by atoms with Crippen LogP contribution in [0.1, 0.15) is 42.0 Å². The summed E-state index contributed by atoms with van der Waals surface area (Å²) in [6.07, 6.45) is 4.45. The molecule has 0 aromatic heterocycles. The zero-order valence-electron chi connectivity index (χ0n) is 14.2. The minimum absolute atomic E-state index is 0.198. The van der Waals surface area contributed by atoms with Crippen molar-refractivity contribution in [1.82, 2.24) is 0 Å². The molecule has 2 aromatic rings. The predicted molar refractivity (Wildman–Crippen MR) is 99.3 cm³/mol. The molecular weight excluding hydrogens is 284 g/mol. The first-order valence-electron chi connectivity index (χ1n) is 8.46. The number of hydrogen-bond donors (Lipinski definition) is 1. The molecule has 0 heterocycles. The van der Waals surface area contributed by atoms with Crippen LogP contribution < -0.4 is 5.19 Å². The van der Waals surface area contributed by atoms with Crippen molar-refractivity contribution in [2.75, 3.05) is 0 Å². The van der Waals surface area contributed by atoms with Gasteiger partial charge in [0.1, 0.15) is 5.75 Å². The summed E-state index contributed by atoms with van der Waals surface area (Å²) in [5, 5.41) is 11.5. The van der Waals surface area contributed by atoms with E-state index < -0.39 is 0 Å². The van der Waals surface area contributed by atoms with E-state index >= 15 is 0 Å². The number of aromatic hydroxyl groups is 1. The van der Waals surface area contributed by atoms with Gasteiger partial charge in [0.25, 0.3) is 0 Å². The number of phenols is 1. The Morgan fingerprint density at radius 2 is 1.68 bits per heavy atom. The van der Waals surface area contributed by atoms with Crippen LogP contribution in [0, 0.1) is 13.8 Å². The molecule has 1 nitrogen and oxygen atoms in total. The van der Waals surface area contributed by atoms with Gasteiger partial charge in [-0.25, -0.2) is 0 Å². The maximum absolute atomic E-state index is 9.93. The van der Waals surface area contributed by atoms with Gasteiger partial charge in [0, 0.05) is 0 Å². The summed E-state index contributed by atoms with van der Waals surface area (Å²) < 4.78 is 0. The van der Waals surface area contributed by atoms with E-state index in [-0.39, 0.29) is 9.52 Å². The molecule has 0 spiro atoms. The second-order valence-corrected chi connectivity index (χ2v) is 8.44. The Bertz CT molecular complexity index is 599. The smallest absolute Gasteiger partial charge is 0.118 e. The average Bonchev–Trinajstić information content (AvgIpc) is 2.46. The molecule has 0 aliphatic carbocycles. The van der Waals surface area contributed by atoms with Crippen molar-refractivity contribution in [2.24, 2.45) is 0 Å². The number of phenolic OH excluding ortho intramolecular Hbond substituents is 1. The number of hydrogen-bond acceptors (Lipinski definition) is 1. The third kappa shape index (κ3) is 5.02. The molecule has 0 atom stereocenters. The zero-order chi connectivity index (χ0) is 15.9. The molecule has 0 radical (unpaired) electrons. The van der Waals surface area contributed by atoms with Crippen LogP contribution in [0.25, 0.3) is 0 Å². The summed E-state index contributed by atoms with van der Waals surface area (Å²) in [6.45, 7) is 6.56. The summed E-state index contributed by atoms with van der Waals surface area (Å²) in [7, 11) is -0.198. The molecule has 0 bridgehead atoms. The molecule has 0 unspecified atom stereocenters. The number of unbranched alkanes of at least 4 members (excludes halogenated alkanes) is 1. The first-order valence-corrected chi connectivity index (χ1v) is 10.2. The van der Waals surface area contributed by atoms with Crippen LogP contribution in [-0.2, 0) is 12.8 Å². The van der Waals surface area contributed by atoms with E-state index in [0.29, 0.717) is 5.75 Å². The molecule has 0 saturated carbocycles. The third-order valence-corrected chi connectivity index (χ3v) is 5.85. The normalized spacial score (nSPS) is 11.4. The van der Waals surface area contributed by atoms with Crippen LogP contribution >= 0.6 is 0 Å². The second kappa shape index (κ2) is 8.18.